The van der Waals surface area contributed by atoms with Crippen molar-refractivity contribution >= 4 is 5.78 Å². The van der Waals surface area contributed by atoms with Crippen molar-refractivity contribution in [1.29, 1.82) is 0 Å². The highest BCUT2D eigenvalue weighted by molar-refractivity contribution is 5.75. The van der Waals surface area contributed by atoms with Crippen molar-refractivity contribution in [3.05, 3.63) is 0 Å². The Bertz CT molecular complexity index is 248. The average molecular weight is 273 g/mol. The molecule has 1 atom stereocenters. The predicted molar refractivity (Wildman–Crippen MR) is 73.4 cm³/mol. The summed E-state index contributed by atoms with van der Waals surface area (Å²) in [4.78, 5) is 13.1. The zero-order valence-corrected chi connectivity index (χ0v) is 12.2. The lowest BCUT2D eigenvalue weighted by Crippen LogP contribution is -2.35. The second-order valence-corrected chi connectivity index (χ2v) is 4.96. The lowest BCUT2D eigenvalue weighted by molar-refractivity contribution is -0.118. The van der Waals surface area contributed by atoms with Gasteiger partial charge >= 0.3 is 0 Å². The third kappa shape index (κ3) is 7.62. The summed E-state index contributed by atoms with van der Waals surface area (Å²) >= 11 is 0. The second-order valence-electron chi connectivity index (χ2n) is 4.96. The molecular weight excluding hydrogens is 246 g/mol. The van der Waals surface area contributed by atoms with Gasteiger partial charge in [-0.15, -0.1) is 0 Å². The first-order chi connectivity index (χ1) is 9.24. The van der Waals surface area contributed by atoms with Crippen molar-refractivity contribution in [3.63, 3.8) is 0 Å². The number of Topliss-reactive ketones (excluding diaryl/α,β-unsaturated/α-hetero) is 1. The van der Waals surface area contributed by atoms with Gasteiger partial charge in [-0.1, -0.05) is 0 Å². The van der Waals surface area contributed by atoms with Crippen LogP contribution in [0.3, 0.4) is 0 Å². The molecule has 0 unspecified atom stereocenters. The van der Waals surface area contributed by atoms with Gasteiger partial charge in [-0.2, -0.15) is 0 Å². The van der Waals surface area contributed by atoms with Crippen LogP contribution >= 0.6 is 0 Å². The summed E-state index contributed by atoms with van der Waals surface area (Å²) in [7, 11) is 1.76. The Hall–Kier alpha value is -0.490. The standard InChI is InChI=1S/C14H27NO4/c1-13(16)5-8-18-10-11-19-9-7-15-6-3-4-14(15)12-17-2/h14H,3-12H2,1-2H3/t14-/m0/s1. The Kier molecular flexibility index (Phi) is 8.99. The van der Waals surface area contributed by atoms with Crippen LogP contribution in [0.2, 0.25) is 0 Å². The van der Waals surface area contributed by atoms with Gasteiger partial charge in [-0.3, -0.25) is 9.69 Å². The molecule has 0 aromatic rings. The van der Waals surface area contributed by atoms with Crippen LogP contribution in [-0.2, 0) is 19.0 Å². The summed E-state index contributed by atoms with van der Waals surface area (Å²) in [6, 6.07) is 0.556. The fourth-order valence-electron chi connectivity index (χ4n) is 2.29. The van der Waals surface area contributed by atoms with Gasteiger partial charge in [-0.25, -0.2) is 0 Å². The third-order valence-electron chi connectivity index (χ3n) is 3.35. The maximum absolute atomic E-state index is 10.7. The van der Waals surface area contributed by atoms with E-state index in [9.17, 15) is 4.79 Å². The van der Waals surface area contributed by atoms with Crippen molar-refractivity contribution in [2.24, 2.45) is 0 Å². The van der Waals surface area contributed by atoms with E-state index in [4.69, 9.17) is 14.2 Å². The Balaban J connectivity index is 1.91. The maximum atomic E-state index is 10.7. The van der Waals surface area contributed by atoms with Gasteiger partial charge < -0.3 is 14.2 Å². The number of hydrogen-bond acceptors (Lipinski definition) is 5. The predicted octanol–water partition coefficient (Wildman–Crippen LogP) is 1.11. The van der Waals surface area contributed by atoms with Crippen molar-refractivity contribution in [2.75, 3.05) is 53.2 Å². The number of carbonyl (C=O) groups is 1. The fraction of sp³-hybridized carbons (Fsp3) is 0.929. The zero-order chi connectivity index (χ0) is 13.9. The van der Waals surface area contributed by atoms with Gasteiger partial charge in [0, 0.05) is 26.1 Å². The van der Waals surface area contributed by atoms with Crippen molar-refractivity contribution in [1.82, 2.24) is 4.90 Å². The molecule has 0 aromatic carbocycles. The minimum absolute atomic E-state index is 0.166. The van der Waals surface area contributed by atoms with E-state index in [1.54, 1.807) is 14.0 Å². The van der Waals surface area contributed by atoms with Gasteiger partial charge in [-0.05, 0) is 26.3 Å². The molecule has 0 amide bonds. The first kappa shape index (κ1) is 16.6. The third-order valence-corrected chi connectivity index (χ3v) is 3.35. The average Bonchev–Trinajstić information content (AvgIpc) is 2.80. The SMILES string of the molecule is COC[C@@H]1CCCN1CCOCCOCCC(C)=O. The summed E-state index contributed by atoms with van der Waals surface area (Å²) in [6.07, 6.45) is 2.97. The highest BCUT2D eigenvalue weighted by atomic mass is 16.5. The highest BCUT2D eigenvalue weighted by Crippen LogP contribution is 2.16. The van der Waals surface area contributed by atoms with E-state index in [2.05, 4.69) is 4.90 Å². The number of nitrogens with zero attached hydrogens (tertiary/aromatic N) is 1. The van der Waals surface area contributed by atoms with Crippen molar-refractivity contribution in [3.8, 4) is 0 Å². The van der Waals surface area contributed by atoms with E-state index in [1.165, 1.54) is 12.8 Å². The monoisotopic (exact) mass is 273 g/mol. The Morgan fingerprint density at radius 1 is 1.21 bits per heavy atom. The molecule has 0 aromatic heterocycles. The molecule has 5 heteroatoms. The minimum Gasteiger partial charge on any atom is -0.383 e. The molecule has 112 valence electrons. The topological polar surface area (TPSA) is 48.0 Å². The van der Waals surface area contributed by atoms with Crippen molar-refractivity contribution < 1.29 is 19.0 Å². The normalized spacial score (nSPS) is 20.0. The summed E-state index contributed by atoms with van der Waals surface area (Å²) in [5.74, 6) is 0.166. The smallest absolute Gasteiger partial charge is 0.132 e. The number of likely N-dealkylation sites (tertiary alicyclic amines) is 1. The van der Waals surface area contributed by atoms with E-state index in [0.717, 1.165) is 26.3 Å². The van der Waals surface area contributed by atoms with E-state index in [1.807, 2.05) is 0 Å². The van der Waals surface area contributed by atoms with E-state index in [0.29, 0.717) is 32.3 Å². The van der Waals surface area contributed by atoms with Crippen LogP contribution in [-0.4, -0.2) is 70.0 Å². The second kappa shape index (κ2) is 10.3. The van der Waals surface area contributed by atoms with Crippen molar-refractivity contribution in [2.45, 2.75) is 32.2 Å². The van der Waals surface area contributed by atoms with Crippen LogP contribution < -0.4 is 0 Å². The van der Waals surface area contributed by atoms with E-state index in [-0.39, 0.29) is 5.78 Å². The molecule has 5 nitrogen and oxygen atoms in total. The molecule has 0 bridgehead atoms. The van der Waals surface area contributed by atoms with E-state index >= 15 is 0 Å². The Morgan fingerprint density at radius 3 is 2.63 bits per heavy atom. The summed E-state index contributed by atoms with van der Waals surface area (Å²) in [5.41, 5.74) is 0. The molecule has 0 saturated carbocycles. The lowest BCUT2D eigenvalue weighted by Gasteiger charge is -2.23. The van der Waals surface area contributed by atoms with Gasteiger partial charge in [0.25, 0.3) is 0 Å². The lowest BCUT2D eigenvalue weighted by atomic mass is 10.2. The quantitative estimate of drug-likeness (QED) is 0.528. The first-order valence-corrected chi connectivity index (χ1v) is 7.12. The number of carbonyl (C=O) groups excluding carboxylic acids is 1. The molecule has 1 rings (SSSR count). The molecule has 1 fully saturated rings. The molecule has 1 saturated heterocycles. The van der Waals surface area contributed by atoms with Crippen LogP contribution in [0.25, 0.3) is 0 Å². The van der Waals surface area contributed by atoms with Crippen LogP contribution in [0.5, 0.6) is 0 Å². The van der Waals surface area contributed by atoms with Crippen LogP contribution in [0.1, 0.15) is 26.2 Å². The number of rotatable bonds is 11. The van der Waals surface area contributed by atoms with Crippen LogP contribution in [0.15, 0.2) is 0 Å². The van der Waals surface area contributed by atoms with Gasteiger partial charge in [0.1, 0.15) is 5.78 Å². The Morgan fingerprint density at radius 2 is 1.95 bits per heavy atom. The molecule has 0 aliphatic carbocycles. The van der Waals surface area contributed by atoms with Gasteiger partial charge in [0.15, 0.2) is 0 Å². The first-order valence-electron chi connectivity index (χ1n) is 7.12. The van der Waals surface area contributed by atoms with Gasteiger partial charge in [0.05, 0.1) is 33.0 Å². The number of hydrogen-bond donors (Lipinski definition) is 0. The number of ketones is 1. The number of ether oxygens (including phenoxy) is 3. The molecule has 1 aliphatic rings. The van der Waals surface area contributed by atoms with E-state index < -0.39 is 0 Å². The number of methoxy groups -OCH3 is 1. The molecule has 1 heterocycles. The summed E-state index contributed by atoms with van der Waals surface area (Å²) in [5, 5.41) is 0. The summed E-state index contributed by atoms with van der Waals surface area (Å²) in [6.45, 7) is 6.89. The van der Waals surface area contributed by atoms with Crippen LogP contribution in [0.4, 0.5) is 0 Å². The molecular formula is C14H27NO4. The van der Waals surface area contributed by atoms with Gasteiger partial charge in [0.2, 0.25) is 0 Å². The minimum atomic E-state index is 0.166. The molecule has 1 aliphatic heterocycles. The zero-order valence-electron chi connectivity index (χ0n) is 12.2. The largest absolute Gasteiger partial charge is 0.383 e. The summed E-state index contributed by atoms with van der Waals surface area (Å²) < 4.78 is 16.1. The molecule has 19 heavy (non-hydrogen) atoms. The molecule has 0 N–H and O–H groups in total. The molecule has 0 radical (unpaired) electrons. The highest BCUT2D eigenvalue weighted by Gasteiger charge is 2.23. The Labute approximate surface area is 116 Å². The fourth-order valence-corrected chi connectivity index (χ4v) is 2.29. The maximum Gasteiger partial charge on any atom is 0.132 e. The molecule has 0 spiro atoms. The van der Waals surface area contributed by atoms with Crippen LogP contribution in [0, 0.1) is 0 Å².